The van der Waals surface area contributed by atoms with Gasteiger partial charge in [-0.2, -0.15) is 0 Å². The minimum absolute atomic E-state index is 0.00409. The molecule has 0 saturated carbocycles. The van der Waals surface area contributed by atoms with E-state index in [0.29, 0.717) is 13.2 Å². The topological polar surface area (TPSA) is 139 Å². The third kappa shape index (κ3) is 11.0. The summed E-state index contributed by atoms with van der Waals surface area (Å²) in [7, 11) is -2.67. The molecule has 4 aromatic rings. The van der Waals surface area contributed by atoms with Crippen molar-refractivity contribution in [1.82, 2.24) is 20.5 Å². The number of aliphatic hydroxyl groups is 1. The number of ether oxygens (including phenoxy) is 2. The van der Waals surface area contributed by atoms with Gasteiger partial charge in [0, 0.05) is 19.5 Å². The molecule has 3 amide bonds. The first-order valence-corrected chi connectivity index (χ1v) is 22.4. The number of benzene rings is 3. The van der Waals surface area contributed by atoms with Crippen LogP contribution in [0.25, 0.3) is 10.4 Å². The van der Waals surface area contributed by atoms with E-state index in [9.17, 15) is 19.5 Å². The van der Waals surface area contributed by atoms with E-state index >= 15 is 0 Å². The average molecular weight is 815 g/mol. The van der Waals surface area contributed by atoms with Gasteiger partial charge in [-0.25, -0.2) is 4.98 Å². The van der Waals surface area contributed by atoms with Crippen LogP contribution >= 0.6 is 11.3 Å². The highest BCUT2D eigenvalue weighted by atomic mass is 32.1. The highest BCUT2D eigenvalue weighted by Gasteiger charge is 2.50. The summed E-state index contributed by atoms with van der Waals surface area (Å²) in [6, 6.07) is 26.9. The highest BCUT2D eigenvalue weighted by Crippen LogP contribution is 2.36. The summed E-state index contributed by atoms with van der Waals surface area (Å²) in [5.41, 5.74) is 4.06. The molecular formula is C44H58N4O7SSi. The van der Waals surface area contributed by atoms with Gasteiger partial charge in [-0.3, -0.25) is 14.4 Å². The Kier molecular flexibility index (Phi) is 15.0. The Bertz CT molecular complexity index is 1870. The standard InChI is InChI=1S/C44H58N4O7SSi/c1-31-39(56-30-46-31)33-20-18-32(19-21-33)27-45-41(51)37-26-34(49)28-48(37)42(52)40(43(2,3)4)47-38(50)29-54-23-22-53-24-25-55-57(44(5,6)7,35-14-10-8-11-15-35)36-16-12-9-13-17-36/h8-21,30,34,37,40,49H,22-29H2,1-7H3,(H,45,51)(H,47,50)/t34-,37+,40?/m1/s1. The maximum Gasteiger partial charge on any atom is 0.261 e. The van der Waals surface area contributed by atoms with Crippen LogP contribution in [0.5, 0.6) is 0 Å². The second-order valence-corrected chi connectivity index (χ2v) is 21.8. The lowest BCUT2D eigenvalue weighted by molar-refractivity contribution is -0.144. The summed E-state index contributed by atoms with van der Waals surface area (Å²) in [4.78, 5) is 47.3. The molecule has 1 saturated heterocycles. The predicted octanol–water partition coefficient (Wildman–Crippen LogP) is 4.84. The Morgan fingerprint density at radius 2 is 1.47 bits per heavy atom. The number of thiazole rings is 1. The van der Waals surface area contributed by atoms with Crippen LogP contribution in [-0.4, -0.2) is 98.8 Å². The fourth-order valence-corrected chi connectivity index (χ4v) is 12.7. The van der Waals surface area contributed by atoms with Crippen LogP contribution in [0.1, 0.15) is 59.2 Å². The summed E-state index contributed by atoms with van der Waals surface area (Å²) >= 11 is 1.58. The van der Waals surface area contributed by atoms with Crippen molar-refractivity contribution in [3.05, 3.63) is 102 Å². The number of rotatable bonds is 17. The lowest BCUT2D eigenvalue weighted by Crippen LogP contribution is -2.66. The third-order valence-corrected chi connectivity index (χ3v) is 16.3. The van der Waals surface area contributed by atoms with Crippen molar-refractivity contribution >= 4 is 47.7 Å². The van der Waals surface area contributed by atoms with Crippen molar-refractivity contribution in [2.24, 2.45) is 5.41 Å². The van der Waals surface area contributed by atoms with Crippen molar-refractivity contribution in [2.75, 3.05) is 39.6 Å². The van der Waals surface area contributed by atoms with Crippen LogP contribution in [0.3, 0.4) is 0 Å². The maximum absolute atomic E-state index is 14.0. The molecule has 0 aliphatic carbocycles. The molecule has 3 N–H and O–H groups in total. The molecule has 3 atom stereocenters. The number of aryl methyl sites for hydroxylation is 1. The summed E-state index contributed by atoms with van der Waals surface area (Å²) < 4.78 is 18.4. The van der Waals surface area contributed by atoms with Crippen LogP contribution in [0.2, 0.25) is 5.04 Å². The van der Waals surface area contributed by atoms with Gasteiger partial charge in [-0.15, -0.1) is 11.3 Å². The molecule has 1 aliphatic rings. The summed E-state index contributed by atoms with van der Waals surface area (Å²) in [6.07, 6.45) is -0.751. The van der Waals surface area contributed by atoms with Crippen molar-refractivity contribution in [3.63, 3.8) is 0 Å². The molecule has 3 aromatic carbocycles. The van der Waals surface area contributed by atoms with Crippen molar-refractivity contribution in [1.29, 1.82) is 0 Å². The van der Waals surface area contributed by atoms with E-state index in [1.54, 1.807) is 11.3 Å². The second kappa shape index (κ2) is 19.5. The van der Waals surface area contributed by atoms with Gasteiger partial charge in [0.25, 0.3) is 8.32 Å². The van der Waals surface area contributed by atoms with Crippen molar-refractivity contribution in [2.45, 2.75) is 84.7 Å². The SMILES string of the molecule is Cc1ncsc1-c1ccc(CNC(=O)[C@@H]2C[C@@H](O)CN2C(=O)C(NC(=O)COCCOCCO[Si](c2ccccc2)(c2ccccc2)C(C)(C)C)C(C)(C)C)cc1. The van der Waals surface area contributed by atoms with E-state index in [1.807, 2.05) is 69.6 Å². The molecule has 306 valence electrons. The van der Waals surface area contributed by atoms with Crippen molar-refractivity contribution in [3.8, 4) is 10.4 Å². The molecule has 1 aromatic heterocycles. The molecule has 2 heterocycles. The number of nitrogens with one attached hydrogen (secondary N) is 2. The number of likely N-dealkylation sites (tertiary alicyclic amines) is 1. The number of hydrogen-bond acceptors (Lipinski definition) is 9. The summed E-state index contributed by atoms with van der Waals surface area (Å²) in [5.74, 6) is -1.25. The molecule has 5 rings (SSSR count). The number of amides is 3. The number of aromatic nitrogens is 1. The van der Waals surface area contributed by atoms with Gasteiger partial charge >= 0.3 is 0 Å². The first kappa shape index (κ1) is 43.9. The van der Waals surface area contributed by atoms with E-state index in [2.05, 4.69) is 84.9 Å². The number of hydrogen-bond donors (Lipinski definition) is 3. The van der Waals surface area contributed by atoms with E-state index in [0.717, 1.165) is 21.7 Å². The zero-order valence-electron chi connectivity index (χ0n) is 34.2. The van der Waals surface area contributed by atoms with Gasteiger partial charge in [0.1, 0.15) is 18.7 Å². The Labute approximate surface area is 342 Å². The summed E-state index contributed by atoms with van der Waals surface area (Å²) in [6.45, 7) is 15.4. The maximum atomic E-state index is 14.0. The number of carbonyl (C=O) groups excluding carboxylic acids is 3. The van der Waals surface area contributed by atoms with Crippen LogP contribution in [-0.2, 0) is 34.8 Å². The van der Waals surface area contributed by atoms with Gasteiger partial charge < -0.3 is 34.5 Å². The molecule has 1 aliphatic heterocycles. The Morgan fingerprint density at radius 1 is 0.877 bits per heavy atom. The monoisotopic (exact) mass is 814 g/mol. The Hall–Kier alpha value is -4.24. The molecule has 0 radical (unpaired) electrons. The first-order chi connectivity index (χ1) is 27.1. The fourth-order valence-electron chi connectivity index (χ4n) is 7.38. The molecule has 0 spiro atoms. The predicted molar refractivity (Wildman–Crippen MR) is 227 cm³/mol. The van der Waals surface area contributed by atoms with Gasteiger partial charge in [0.05, 0.1) is 48.6 Å². The van der Waals surface area contributed by atoms with E-state index in [4.69, 9.17) is 13.9 Å². The quantitative estimate of drug-likeness (QED) is 0.102. The van der Waals surface area contributed by atoms with Gasteiger partial charge in [-0.1, -0.05) is 126 Å². The highest BCUT2D eigenvalue weighted by molar-refractivity contribution is 7.13. The normalized spacial score (nSPS) is 16.7. The van der Waals surface area contributed by atoms with E-state index < -0.39 is 43.7 Å². The largest absolute Gasteiger partial charge is 0.405 e. The van der Waals surface area contributed by atoms with E-state index in [-0.39, 0.29) is 50.3 Å². The zero-order chi connectivity index (χ0) is 41.2. The number of carbonyl (C=O) groups is 3. The average Bonchev–Trinajstić information content (AvgIpc) is 3.80. The Balaban J connectivity index is 1.09. The number of nitrogens with zero attached hydrogens (tertiary/aromatic N) is 2. The van der Waals surface area contributed by atoms with Gasteiger partial charge in [0.15, 0.2) is 0 Å². The van der Waals surface area contributed by atoms with Crippen LogP contribution in [0, 0.1) is 12.3 Å². The zero-order valence-corrected chi connectivity index (χ0v) is 36.1. The first-order valence-electron chi connectivity index (χ1n) is 19.6. The number of β-amino-alcohol motifs (C(OH)–C–C–N with tert-alkyl or cyclic N) is 1. The lowest BCUT2D eigenvalue weighted by Gasteiger charge is -2.43. The second-order valence-electron chi connectivity index (χ2n) is 16.6. The molecule has 57 heavy (non-hydrogen) atoms. The minimum atomic E-state index is -2.67. The molecule has 1 fully saturated rings. The molecule has 0 bridgehead atoms. The van der Waals surface area contributed by atoms with Crippen molar-refractivity contribution < 1.29 is 33.4 Å². The number of aliphatic hydroxyl groups excluding tert-OH is 1. The Morgan fingerprint density at radius 3 is 2.04 bits per heavy atom. The fraction of sp³-hybridized carbons (Fsp3) is 0.455. The van der Waals surface area contributed by atoms with Crippen LogP contribution in [0.4, 0.5) is 0 Å². The third-order valence-electron chi connectivity index (χ3n) is 10.3. The van der Waals surface area contributed by atoms with Gasteiger partial charge in [-0.05, 0) is 38.9 Å². The lowest BCUT2D eigenvalue weighted by atomic mass is 9.85. The van der Waals surface area contributed by atoms with E-state index in [1.165, 1.54) is 15.3 Å². The molecular weight excluding hydrogens is 757 g/mol. The summed E-state index contributed by atoms with van der Waals surface area (Å²) in [5, 5.41) is 18.6. The smallest absolute Gasteiger partial charge is 0.261 e. The minimum Gasteiger partial charge on any atom is -0.405 e. The molecule has 1 unspecified atom stereocenters. The van der Waals surface area contributed by atoms with Crippen LogP contribution < -0.4 is 21.0 Å². The van der Waals surface area contributed by atoms with Gasteiger partial charge in [0.2, 0.25) is 17.7 Å². The van der Waals surface area contributed by atoms with Crippen LogP contribution in [0.15, 0.2) is 90.4 Å². The molecule has 11 nitrogen and oxygen atoms in total. The molecule has 13 heteroatoms.